The number of carboxylic acid groups (broad SMARTS) is 1. The molecule has 2 amide bonds. The molecule has 0 aliphatic rings. The van der Waals surface area contributed by atoms with Gasteiger partial charge in [-0.05, 0) is 42.8 Å². The van der Waals surface area contributed by atoms with Crippen molar-refractivity contribution in [2.24, 2.45) is 0 Å². The Balaban J connectivity index is 1.71. The van der Waals surface area contributed by atoms with Gasteiger partial charge in [0, 0.05) is 17.7 Å². The van der Waals surface area contributed by atoms with Crippen LogP contribution in [0.25, 0.3) is 0 Å². The van der Waals surface area contributed by atoms with E-state index in [-0.39, 0.29) is 17.2 Å². The molecule has 172 valence electrons. The Labute approximate surface area is 190 Å². The van der Waals surface area contributed by atoms with Crippen LogP contribution >= 0.6 is 0 Å². The van der Waals surface area contributed by atoms with Crippen LogP contribution in [-0.4, -0.2) is 22.9 Å². The number of hydrogen-bond acceptors (Lipinski definition) is 3. The molecule has 0 atom stereocenters. The molecular weight excluding hydrogens is 404 g/mol. The van der Waals surface area contributed by atoms with Gasteiger partial charge in [0.05, 0.1) is 11.3 Å². The van der Waals surface area contributed by atoms with Crippen LogP contribution in [0.5, 0.6) is 0 Å². The van der Waals surface area contributed by atoms with Crippen LogP contribution in [0.15, 0.2) is 48.5 Å². The second-order valence-corrected chi connectivity index (χ2v) is 8.01. The SMILES string of the molecule is CCCCCCCCCCCC(=O)Nc1ccc(C(=O)Nc2ccccc2C(=O)O)cc1. The molecule has 2 aromatic rings. The fraction of sp³-hybridized carbons (Fsp3) is 0.423. The molecule has 6 nitrogen and oxygen atoms in total. The summed E-state index contributed by atoms with van der Waals surface area (Å²) in [6.07, 6.45) is 11.4. The zero-order valence-corrected chi connectivity index (χ0v) is 18.9. The van der Waals surface area contributed by atoms with E-state index in [1.807, 2.05) is 0 Å². The number of hydrogen-bond donors (Lipinski definition) is 3. The standard InChI is InChI=1S/C26H34N2O4/c1-2-3-4-5-6-7-8-9-10-15-24(29)27-21-18-16-20(17-19-21)25(30)28-23-14-12-11-13-22(23)26(31)32/h11-14,16-19H,2-10,15H2,1H3,(H,27,29)(H,28,30)(H,31,32). The molecule has 0 saturated heterocycles. The van der Waals surface area contributed by atoms with Crippen molar-refractivity contribution in [3.63, 3.8) is 0 Å². The van der Waals surface area contributed by atoms with Crippen molar-refractivity contribution >= 4 is 29.2 Å². The smallest absolute Gasteiger partial charge is 0.337 e. The zero-order chi connectivity index (χ0) is 23.2. The van der Waals surface area contributed by atoms with Crippen LogP contribution in [0.4, 0.5) is 11.4 Å². The van der Waals surface area contributed by atoms with E-state index in [0.717, 1.165) is 12.8 Å². The lowest BCUT2D eigenvalue weighted by molar-refractivity contribution is -0.116. The molecule has 2 aromatic carbocycles. The third kappa shape index (κ3) is 8.92. The van der Waals surface area contributed by atoms with Gasteiger partial charge in [-0.1, -0.05) is 70.4 Å². The number of benzene rings is 2. The first kappa shape index (κ1) is 25.1. The highest BCUT2D eigenvalue weighted by Gasteiger charge is 2.13. The molecule has 0 saturated carbocycles. The lowest BCUT2D eigenvalue weighted by atomic mass is 10.1. The third-order valence-corrected chi connectivity index (χ3v) is 5.34. The fourth-order valence-electron chi connectivity index (χ4n) is 3.50. The highest BCUT2D eigenvalue weighted by molar-refractivity contribution is 6.08. The van der Waals surface area contributed by atoms with E-state index in [1.165, 1.54) is 51.0 Å². The van der Waals surface area contributed by atoms with Crippen LogP contribution in [0.3, 0.4) is 0 Å². The van der Waals surface area contributed by atoms with Gasteiger partial charge in [0.15, 0.2) is 0 Å². The lowest BCUT2D eigenvalue weighted by Crippen LogP contribution is -2.15. The summed E-state index contributed by atoms with van der Waals surface area (Å²) in [5, 5.41) is 14.7. The van der Waals surface area contributed by atoms with E-state index in [9.17, 15) is 19.5 Å². The summed E-state index contributed by atoms with van der Waals surface area (Å²) in [7, 11) is 0. The maximum atomic E-state index is 12.4. The highest BCUT2D eigenvalue weighted by Crippen LogP contribution is 2.17. The molecule has 3 N–H and O–H groups in total. The molecular formula is C26H34N2O4. The number of nitrogens with one attached hydrogen (secondary N) is 2. The monoisotopic (exact) mass is 438 g/mol. The predicted molar refractivity (Wildman–Crippen MR) is 128 cm³/mol. The quantitative estimate of drug-likeness (QED) is 0.293. The zero-order valence-electron chi connectivity index (χ0n) is 18.9. The van der Waals surface area contributed by atoms with Crippen molar-refractivity contribution in [2.75, 3.05) is 10.6 Å². The molecule has 6 heteroatoms. The minimum absolute atomic E-state index is 0.0273. The van der Waals surface area contributed by atoms with Gasteiger partial charge in [-0.3, -0.25) is 9.59 Å². The van der Waals surface area contributed by atoms with E-state index in [1.54, 1.807) is 42.5 Å². The van der Waals surface area contributed by atoms with Gasteiger partial charge in [0.1, 0.15) is 0 Å². The second kappa shape index (κ2) is 14.0. The molecule has 2 rings (SSSR count). The second-order valence-electron chi connectivity index (χ2n) is 8.01. The van der Waals surface area contributed by atoms with Gasteiger partial charge < -0.3 is 15.7 Å². The van der Waals surface area contributed by atoms with Gasteiger partial charge in [-0.25, -0.2) is 4.79 Å². The molecule has 0 heterocycles. The molecule has 0 aliphatic heterocycles. The van der Waals surface area contributed by atoms with Crippen LogP contribution in [-0.2, 0) is 4.79 Å². The Kier molecular flexibility index (Phi) is 11.0. The normalized spacial score (nSPS) is 10.5. The summed E-state index contributed by atoms with van der Waals surface area (Å²) in [5.41, 5.74) is 1.28. The molecule has 0 aromatic heterocycles. The topological polar surface area (TPSA) is 95.5 Å². The summed E-state index contributed by atoms with van der Waals surface area (Å²) in [6, 6.07) is 12.8. The number of carbonyl (C=O) groups is 3. The Bertz CT molecular complexity index is 878. The molecule has 0 aliphatic carbocycles. The average molecular weight is 439 g/mol. The molecule has 0 unspecified atom stereocenters. The summed E-state index contributed by atoms with van der Waals surface area (Å²) in [5.74, 6) is -1.54. The Morgan fingerprint density at radius 3 is 1.97 bits per heavy atom. The van der Waals surface area contributed by atoms with E-state index in [0.29, 0.717) is 17.7 Å². The largest absolute Gasteiger partial charge is 0.478 e. The fourth-order valence-corrected chi connectivity index (χ4v) is 3.50. The van der Waals surface area contributed by atoms with Crippen LogP contribution in [0, 0.1) is 0 Å². The van der Waals surface area contributed by atoms with Gasteiger partial charge in [-0.15, -0.1) is 0 Å². The van der Waals surface area contributed by atoms with Crippen molar-refractivity contribution in [3.05, 3.63) is 59.7 Å². The number of aromatic carboxylic acids is 1. The van der Waals surface area contributed by atoms with Crippen LogP contribution in [0.1, 0.15) is 91.8 Å². The first-order valence-electron chi connectivity index (χ1n) is 11.5. The number of carbonyl (C=O) groups excluding carboxylic acids is 2. The summed E-state index contributed by atoms with van der Waals surface area (Å²) < 4.78 is 0. The van der Waals surface area contributed by atoms with Crippen molar-refractivity contribution in [2.45, 2.75) is 71.1 Å². The number of rotatable bonds is 14. The summed E-state index contributed by atoms with van der Waals surface area (Å²) in [4.78, 5) is 35.8. The molecule has 32 heavy (non-hydrogen) atoms. The molecule has 0 radical (unpaired) electrons. The summed E-state index contributed by atoms with van der Waals surface area (Å²) >= 11 is 0. The number of amides is 2. The van der Waals surface area contributed by atoms with Crippen molar-refractivity contribution in [1.29, 1.82) is 0 Å². The maximum Gasteiger partial charge on any atom is 0.337 e. The Morgan fingerprint density at radius 2 is 1.34 bits per heavy atom. The number of unbranched alkanes of at least 4 members (excludes halogenated alkanes) is 8. The Hall–Kier alpha value is -3.15. The maximum absolute atomic E-state index is 12.4. The highest BCUT2D eigenvalue weighted by atomic mass is 16.4. The van der Waals surface area contributed by atoms with Gasteiger partial charge in [0.25, 0.3) is 5.91 Å². The van der Waals surface area contributed by atoms with Crippen molar-refractivity contribution < 1.29 is 19.5 Å². The van der Waals surface area contributed by atoms with Gasteiger partial charge in [-0.2, -0.15) is 0 Å². The first-order chi connectivity index (χ1) is 15.5. The number of anilines is 2. The number of carboxylic acids is 1. The van der Waals surface area contributed by atoms with E-state index >= 15 is 0 Å². The van der Waals surface area contributed by atoms with Crippen molar-refractivity contribution in [1.82, 2.24) is 0 Å². The third-order valence-electron chi connectivity index (χ3n) is 5.34. The van der Waals surface area contributed by atoms with Gasteiger partial charge >= 0.3 is 5.97 Å². The molecule has 0 spiro atoms. The lowest BCUT2D eigenvalue weighted by Gasteiger charge is -2.09. The van der Waals surface area contributed by atoms with E-state index < -0.39 is 11.9 Å². The van der Waals surface area contributed by atoms with E-state index in [2.05, 4.69) is 17.6 Å². The van der Waals surface area contributed by atoms with Crippen molar-refractivity contribution in [3.8, 4) is 0 Å². The predicted octanol–water partition coefficient (Wildman–Crippen LogP) is 6.50. The van der Waals surface area contributed by atoms with Crippen LogP contribution < -0.4 is 10.6 Å². The Morgan fingerprint density at radius 1 is 0.750 bits per heavy atom. The summed E-state index contributed by atoms with van der Waals surface area (Å²) in [6.45, 7) is 2.22. The van der Waals surface area contributed by atoms with Gasteiger partial charge in [0.2, 0.25) is 5.91 Å². The average Bonchev–Trinajstić information content (AvgIpc) is 2.78. The minimum atomic E-state index is -1.11. The molecule has 0 bridgehead atoms. The molecule has 0 fully saturated rings. The first-order valence-corrected chi connectivity index (χ1v) is 11.5. The van der Waals surface area contributed by atoms with E-state index in [4.69, 9.17) is 0 Å². The minimum Gasteiger partial charge on any atom is -0.478 e. The number of para-hydroxylation sites is 1. The van der Waals surface area contributed by atoms with Crippen LogP contribution in [0.2, 0.25) is 0 Å².